The third kappa shape index (κ3) is 9.21. The molecule has 0 saturated carbocycles. The zero-order valence-electron chi connectivity index (χ0n) is 32.7. The van der Waals surface area contributed by atoms with Crippen LogP contribution in [-0.2, 0) is 36.2 Å². The van der Waals surface area contributed by atoms with Crippen LogP contribution < -0.4 is 4.74 Å². The molecule has 0 amide bonds. The minimum atomic E-state index is -1.65. The summed E-state index contributed by atoms with van der Waals surface area (Å²) >= 11 is -1.65. The molecule has 0 N–H and O–H groups in total. The summed E-state index contributed by atoms with van der Waals surface area (Å²) in [4.78, 5) is 0. The second-order valence-corrected chi connectivity index (χ2v) is 38.9. The summed E-state index contributed by atoms with van der Waals surface area (Å²) in [7, 11) is 13.0. The Morgan fingerprint density at radius 1 is 0.647 bits per heavy atom. The Balaban J connectivity index is 0.000000172. The second kappa shape index (κ2) is 16.3. The van der Waals surface area contributed by atoms with Crippen molar-refractivity contribution in [2.45, 2.75) is 100 Å². The first-order valence-electron chi connectivity index (χ1n) is 18.1. The molecule has 268 valence electrons. The summed E-state index contributed by atoms with van der Waals surface area (Å²) in [5.41, 5.74) is 17.5. The van der Waals surface area contributed by atoms with Crippen LogP contribution in [0.5, 0.6) is 5.75 Å². The van der Waals surface area contributed by atoms with Gasteiger partial charge in [0.2, 0.25) is 0 Å². The van der Waals surface area contributed by atoms with Gasteiger partial charge >= 0.3 is 53.5 Å². The first kappa shape index (κ1) is 39.8. The van der Waals surface area contributed by atoms with Crippen molar-refractivity contribution in [3.05, 3.63) is 123 Å². The molecule has 5 heteroatoms. The van der Waals surface area contributed by atoms with Gasteiger partial charge in [0.25, 0.3) is 0 Å². The predicted octanol–water partition coefficient (Wildman–Crippen LogP) is 14.3. The summed E-state index contributed by atoms with van der Waals surface area (Å²) in [5, 5.41) is 5.44. The van der Waals surface area contributed by atoms with Crippen LogP contribution in [0.15, 0.2) is 72.8 Å². The SMILES string of the molecule is COc1c(C(C)(C)C)cc2[cH-]c(C)cc2c1-c1cc(C)cc(C)c1.C[Si](C)=[Zr]([Cl])[Cl].Cc1cc(C)cc(-c2c3c(cc4[cH-]c(C)cc24)CCC3)c1. The Morgan fingerprint density at radius 3 is 1.55 bits per heavy atom. The summed E-state index contributed by atoms with van der Waals surface area (Å²) in [6.45, 7) is 24.2. The Bertz CT molecular complexity index is 2200. The maximum Gasteiger partial charge on any atom is -0.0271 e. The van der Waals surface area contributed by atoms with E-state index in [1.54, 1.807) is 18.2 Å². The van der Waals surface area contributed by atoms with Crippen molar-refractivity contribution in [1.29, 1.82) is 0 Å². The molecule has 0 aliphatic heterocycles. The number of halogens is 2. The van der Waals surface area contributed by atoms with Gasteiger partial charge in [0.1, 0.15) is 5.75 Å². The molecule has 0 bridgehead atoms. The van der Waals surface area contributed by atoms with Gasteiger partial charge in [-0.25, -0.2) is 0 Å². The fourth-order valence-electron chi connectivity index (χ4n) is 7.69. The van der Waals surface area contributed by atoms with Gasteiger partial charge in [-0.1, -0.05) is 110 Å². The van der Waals surface area contributed by atoms with E-state index in [0.717, 1.165) is 5.75 Å². The molecule has 0 aromatic heterocycles. The van der Waals surface area contributed by atoms with Crippen LogP contribution in [0.25, 0.3) is 43.8 Å². The number of benzene rings is 4. The fourth-order valence-corrected chi connectivity index (χ4v) is 7.69. The third-order valence-electron chi connectivity index (χ3n) is 9.75. The smallest absolute Gasteiger partial charge is 0.0271 e. The van der Waals surface area contributed by atoms with Gasteiger partial charge in [-0.3, -0.25) is 0 Å². The van der Waals surface area contributed by atoms with Gasteiger partial charge in [-0.05, 0) is 74.6 Å². The quantitative estimate of drug-likeness (QED) is 0.128. The molecular formula is C46H54Cl2OSiZr-2. The second-order valence-electron chi connectivity index (χ2n) is 15.9. The molecule has 0 atom stereocenters. The monoisotopic (exact) mass is 810 g/mol. The molecule has 0 saturated heterocycles. The first-order chi connectivity index (χ1) is 24.0. The van der Waals surface area contributed by atoms with E-state index in [4.69, 9.17) is 21.8 Å². The van der Waals surface area contributed by atoms with Crippen LogP contribution in [0.3, 0.4) is 0 Å². The Kier molecular flexibility index (Phi) is 12.7. The summed E-state index contributed by atoms with van der Waals surface area (Å²) in [6.07, 6.45) is 3.78. The van der Waals surface area contributed by atoms with Crippen molar-refractivity contribution < 1.29 is 22.7 Å². The van der Waals surface area contributed by atoms with Crippen LogP contribution >= 0.6 is 17.0 Å². The van der Waals surface area contributed by atoms with E-state index in [9.17, 15) is 0 Å². The molecule has 1 aliphatic rings. The maximum atomic E-state index is 5.95. The number of ether oxygens (including phenoxy) is 1. The minimum Gasteiger partial charge on any atom is -0.165 e. The zero-order valence-corrected chi connectivity index (χ0v) is 37.7. The van der Waals surface area contributed by atoms with E-state index in [2.05, 4.69) is 148 Å². The normalized spacial score (nSPS) is 12.3. The zero-order chi connectivity index (χ0) is 37.4. The van der Waals surface area contributed by atoms with Crippen molar-refractivity contribution in [3.8, 4) is 28.0 Å². The van der Waals surface area contributed by atoms with Crippen molar-refractivity contribution in [1.82, 2.24) is 0 Å². The molecule has 0 spiro atoms. The summed E-state index contributed by atoms with van der Waals surface area (Å²) in [6, 6.07) is 27.7. The van der Waals surface area contributed by atoms with Gasteiger partial charge in [-0.2, -0.15) is 12.1 Å². The van der Waals surface area contributed by atoms with E-state index >= 15 is 0 Å². The van der Waals surface area contributed by atoms with Crippen LogP contribution in [0.4, 0.5) is 0 Å². The molecule has 1 aliphatic carbocycles. The Labute approximate surface area is 322 Å². The minimum absolute atomic E-state index is 0.0261. The van der Waals surface area contributed by atoms with E-state index < -0.39 is 18.0 Å². The molecule has 6 aromatic rings. The van der Waals surface area contributed by atoms with Crippen LogP contribution in [0.2, 0.25) is 13.1 Å². The van der Waals surface area contributed by atoms with Crippen molar-refractivity contribution >= 4 is 44.0 Å². The van der Waals surface area contributed by atoms with Gasteiger partial charge in [-0.15, -0.1) is 56.9 Å². The topological polar surface area (TPSA) is 9.23 Å². The summed E-state index contributed by atoms with van der Waals surface area (Å²) in [5.74, 6) is 1.01. The average Bonchev–Trinajstić information content (AvgIpc) is 3.74. The molecule has 0 heterocycles. The number of aryl methyl sites for hydroxylation is 7. The Hall–Kier alpha value is -2.42. The summed E-state index contributed by atoms with van der Waals surface area (Å²) < 4.78 is 5.95. The molecule has 7 rings (SSSR count). The maximum absolute atomic E-state index is 5.95. The number of methoxy groups -OCH3 is 1. The average molecular weight is 813 g/mol. The van der Waals surface area contributed by atoms with Gasteiger partial charge in [0.15, 0.2) is 0 Å². The first-order valence-corrected chi connectivity index (χ1v) is 30.6. The molecule has 51 heavy (non-hydrogen) atoms. The van der Waals surface area contributed by atoms with E-state index in [1.807, 2.05) is 0 Å². The number of rotatable bonds is 3. The number of fused-ring (bicyclic) bond motifs is 3. The van der Waals surface area contributed by atoms with Crippen molar-refractivity contribution in [2.75, 3.05) is 7.11 Å². The van der Waals surface area contributed by atoms with Gasteiger partial charge < -0.3 is 4.74 Å². The van der Waals surface area contributed by atoms with Crippen molar-refractivity contribution in [2.24, 2.45) is 0 Å². The van der Waals surface area contributed by atoms with Crippen molar-refractivity contribution in [3.63, 3.8) is 0 Å². The van der Waals surface area contributed by atoms with E-state index in [0.29, 0.717) is 0 Å². The van der Waals surface area contributed by atoms with Crippen LogP contribution in [0.1, 0.15) is 77.3 Å². The predicted molar refractivity (Wildman–Crippen MR) is 225 cm³/mol. The Morgan fingerprint density at radius 2 is 1.10 bits per heavy atom. The molecule has 0 fully saturated rings. The molecule has 0 unspecified atom stereocenters. The molecular weight excluding hydrogens is 759 g/mol. The van der Waals surface area contributed by atoms with E-state index in [1.165, 1.54) is 102 Å². The molecule has 1 nitrogen and oxygen atoms in total. The third-order valence-corrected chi connectivity index (χ3v) is 29.5. The molecule has 0 radical (unpaired) electrons. The number of hydrogen-bond donors (Lipinski definition) is 0. The molecule has 6 aromatic carbocycles. The standard InChI is InChI=1S/C23H27O.C21H21.C2H6Si.2ClH.Zr/c1-14-8-15(2)11-18(10-14)21-19-12-16(3)9-17(19)13-20(22(21)24-7)23(4,5)6;1-13-7-14(2)10-18(9-13)21-19-6-4-5-16(19)12-17-8-15(3)11-20(17)21;1-3-2;;;/h8-13H,1-7H3;7-12H,4-6H2,1-3H3;1-2H3;2*1H;/q2*-1;;;;+2/p-2. The van der Waals surface area contributed by atoms with Crippen LogP contribution in [-0.4, -0.2) is 12.5 Å². The fraction of sp³-hybridized carbons (Fsp3) is 0.348. The van der Waals surface area contributed by atoms with Crippen LogP contribution in [0, 0.1) is 41.5 Å². The largest absolute Gasteiger partial charge is 0.165 e. The van der Waals surface area contributed by atoms with E-state index in [-0.39, 0.29) is 10.8 Å². The number of hydrogen-bond acceptors (Lipinski definition) is 1. The van der Waals surface area contributed by atoms with Gasteiger partial charge in [0.05, 0.1) is 7.11 Å². The van der Waals surface area contributed by atoms with Gasteiger partial charge in [0, 0.05) is 0 Å².